The third kappa shape index (κ3) is 2.19. The molecular weight excluding hydrogens is 220 g/mol. The molecule has 17 heavy (non-hydrogen) atoms. The van der Waals surface area contributed by atoms with E-state index in [1.807, 2.05) is 12.1 Å². The fraction of sp³-hybridized carbons (Fsp3) is 0.167. The summed E-state index contributed by atoms with van der Waals surface area (Å²) in [6.45, 7) is -0.0288. The zero-order chi connectivity index (χ0) is 12.4. The van der Waals surface area contributed by atoms with Gasteiger partial charge in [-0.05, 0) is 17.5 Å². The predicted octanol–water partition coefficient (Wildman–Crippen LogP) is 0.413. The van der Waals surface area contributed by atoms with E-state index in [-0.39, 0.29) is 12.1 Å². The lowest BCUT2D eigenvalue weighted by molar-refractivity contribution is -0.138. The van der Waals surface area contributed by atoms with Crippen LogP contribution in [-0.4, -0.2) is 21.7 Å². The minimum atomic E-state index is -1.12. The number of rotatable bonds is 3. The summed E-state index contributed by atoms with van der Waals surface area (Å²) < 4.78 is 1.32. The van der Waals surface area contributed by atoms with E-state index in [9.17, 15) is 9.59 Å². The largest absolute Gasteiger partial charge is 0.480 e. The van der Waals surface area contributed by atoms with Gasteiger partial charge in [0.1, 0.15) is 6.04 Å². The van der Waals surface area contributed by atoms with Crippen LogP contribution >= 0.6 is 0 Å². The van der Waals surface area contributed by atoms with Crippen LogP contribution in [-0.2, 0) is 11.3 Å². The van der Waals surface area contributed by atoms with Gasteiger partial charge in [0, 0.05) is 11.6 Å². The number of fused-ring (bicyclic) bond motifs is 1. The van der Waals surface area contributed by atoms with Crippen LogP contribution in [0, 0.1) is 0 Å². The molecule has 1 heterocycles. The zero-order valence-electron chi connectivity index (χ0n) is 9.04. The molecule has 0 aliphatic rings. The van der Waals surface area contributed by atoms with E-state index in [1.165, 1.54) is 4.57 Å². The van der Waals surface area contributed by atoms with Crippen molar-refractivity contribution in [2.24, 2.45) is 5.73 Å². The van der Waals surface area contributed by atoms with Gasteiger partial charge in [-0.3, -0.25) is 9.59 Å². The molecule has 3 N–H and O–H groups in total. The Bertz CT molecular complexity index is 618. The van der Waals surface area contributed by atoms with Crippen LogP contribution in [0.2, 0.25) is 0 Å². The highest BCUT2D eigenvalue weighted by Gasteiger charge is 2.13. The molecule has 88 valence electrons. The first-order valence-corrected chi connectivity index (χ1v) is 5.16. The molecule has 1 atom stereocenters. The van der Waals surface area contributed by atoms with Gasteiger partial charge in [-0.15, -0.1) is 0 Å². The SMILES string of the molecule is NC(Cn1ccc2ccccc2c1=O)C(=O)O. The van der Waals surface area contributed by atoms with E-state index in [0.717, 1.165) is 5.39 Å². The fourth-order valence-electron chi connectivity index (χ4n) is 1.66. The second-order valence-corrected chi connectivity index (χ2v) is 3.81. The van der Waals surface area contributed by atoms with Crippen molar-refractivity contribution in [2.75, 3.05) is 0 Å². The van der Waals surface area contributed by atoms with Crippen LogP contribution in [0.15, 0.2) is 41.3 Å². The molecule has 2 rings (SSSR count). The third-order valence-electron chi connectivity index (χ3n) is 2.60. The minimum absolute atomic E-state index is 0.0288. The molecule has 5 heteroatoms. The summed E-state index contributed by atoms with van der Waals surface area (Å²) in [6.07, 6.45) is 1.56. The molecule has 2 aromatic rings. The average Bonchev–Trinajstić information content (AvgIpc) is 2.33. The Morgan fingerprint density at radius 1 is 1.35 bits per heavy atom. The molecule has 0 amide bonds. The van der Waals surface area contributed by atoms with Gasteiger partial charge in [-0.2, -0.15) is 0 Å². The normalized spacial score (nSPS) is 12.5. The highest BCUT2D eigenvalue weighted by atomic mass is 16.4. The lowest BCUT2D eigenvalue weighted by atomic mass is 10.2. The number of aromatic nitrogens is 1. The van der Waals surface area contributed by atoms with Crippen LogP contribution in [0.3, 0.4) is 0 Å². The zero-order valence-corrected chi connectivity index (χ0v) is 9.04. The van der Waals surface area contributed by atoms with Crippen molar-refractivity contribution >= 4 is 16.7 Å². The molecule has 0 saturated heterocycles. The van der Waals surface area contributed by atoms with Crippen LogP contribution in [0.1, 0.15) is 0 Å². The van der Waals surface area contributed by atoms with Crippen molar-refractivity contribution in [3.05, 3.63) is 46.9 Å². The van der Waals surface area contributed by atoms with Gasteiger partial charge in [0.05, 0.1) is 6.54 Å². The standard InChI is InChI=1S/C12H12N2O3/c13-10(12(16)17)7-14-6-5-8-3-1-2-4-9(8)11(14)15/h1-6,10H,7,13H2,(H,16,17). The monoisotopic (exact) mass is 232 g/mol. The Morgan fingerprint density at radius 3 is 2.76 bits per heavy atom. The topological polar surface area (TPSA) is 85.3 Å². The van der Waals surface area contributed by atoms with Gasteiger partial charge in [-0.25, -0.2) is 0 Å². The van der Waals surface area contributed by atoms with Gasteiger partial charge in [-0.1, -0.05) is 18.2 Å². The minimum Gasteiger partial charge on any atom is -0.480 e. The number of nitrogens with zero attached hydrogens (tertiary/aromatic N) is 1. The van der Waals surface area contributed by atoms with Crippen molar-refractivity contribution in [3.63, 3.8) is 0 Å². The Kier molecular flexibility index (Phi) is 2.93. The second-order valence-electron chi connectivity index (χ2n) is 3.81. The van der Waals surface area contributed by atoms with Crippen LogP contribution in [0.4, 0.5) is 0 Å². The Labute approximate surface area is 97.1 Å². The summed E-state index contributed by atoms with van der Waals surface area (Å²) in [6, 6.07) is 7.85. The molecule has 0 fully saturated rings. The summed E-state index contributed by atoms with van der Waals surface area (Å²) >= 11 is 0. The van der Waals surface area contributed by atoms with Crippen molar-refractivity contribution in [2.45, 2.75) is 12.6 Å². The molecule has 1 aromatic heterocycles. The lowest BCUT2D eigenvalue weighted by Crippen LogP contribution is -2.37. The number of pyridine rings is 1. The molecular formula is C12H12N2O3. The van der Waals surface area contributed by atoms with Gasteiger partial charge in [0.15, 0.2) is 0 Å². The van der Waals surface area contributed by atoms with Crippen LogP contribution in [0.25, 0.3) is 10.8 Å². The maximum atomic E-state index is 12.0. The second kappa shape index (κ2) is 4.39. The first-order chi connectivity index (χ1) is 8.09. The first kappa shape index (κ1) is 11.3. The highest BCUT2D eigenvalue weighted by molar-refractivity contribution is 5.81. The van der Waals surface area contributed by atoms with Crippen molar-refractivity contribution < 1.29 is 9.90 Å². The highest BCUT2D eigenvalue weighted by Crippen LogP contribution is 2.07. The maximum absolute atomic E-state index is 12.0. The number of benzene rings is 1. The summed E-state index contributed by atoms with van der Waals surface area (Å²) in [4.78, 5) is 22.6. The smallest absolute Gasteiger partial charge is 0.322 e. The van der Waals surface area contributed by atoms with Gasteiger partial charge < -0.3 is 15.4 Å². The molecule has 0 saturated carbocycles. The number of carbonyl (C=O) groups is 1. The fourth-order valence-corrected chi connectivity index (χ4v) is 1.66. The number of carboxylic acids is 1. The Balaban J connectivity index is 2.46. The van der Waals surface area contributed by atoms with Crippen LogP contribution in [0.5, 0.6) is 0 Å². The average molecular weight is 232 g/mol. The van der Waals surface area contributed by atoms with Crippen molar-refractivity contribution in [3.8, 4) is 0 Å². The molecule has 0 spiro atoms. The summed E-state index contributed by atoms with van der Waals surface area (Å²) in [5.74, 6) is -1.12. The summed E-state index contributed by atoms with van der Waals surface area (Å²) in [7, 11) is 0. The summed E-state index contributed by atoms with van der Waals surface area (Å²) in [5, 5.41) is 10.1. The molecule has 0 aliphatic heterocycles. The summed E-state index contributed by atoms with van der Waals surface area (Å²) in [5.41, 5.74) is 5.18. The van der Waals surface area contributed by atoms with E-state index in [1.54, 1.807) is 24.4 Å². The number of hydrogen-bond donors (Lipinski definition) is 2. The van der Waals surface area contributed by atoms with E-state index >= 15 is 0 Å². The Morgan fingerprint density at radius 2 is 2.06 bits per heavy atom. The third-order valence-corrected chi connectivity index (χ3v) is 2.60. The van der Waals surface area contributed by atoms with Crippen LogP contribution < -0.4 is 11.3 Å². The van der Waals surface area contributed by atoms with Gasteiger partial charge in [0.25, 0.3) is 5.56 Å². The van der Waals surface area contributed by atoms with E-state index in [4.69, 9.17) is 10.8 Å². The van der Waals surface area contributed by atoms with E-state index in [0.29, 0.717) is 5.39 Å². The molecule has 0 radical (unpaired) electrons. The van der Waals surface area contributed by atoms with Crippen molar-refractivity contribution in [1.29, 1.82) is 0 Å². The number of hydrogen-bond acceptors (Lipinski definition) is 3. The number of nitrogens with two attached hydrogens (primary N) is 1. The quantitative estimate of drug-likeness (QED) is 0.802. The molecule has 1 unspecified atom stereocenters. The maximum Gasteiger partial charge on any atom is 0.322 e. The predicted molar refractivity (Wildman–Crippen MR) is 63.8 cm³/mol. The molecule has 0 bridgehead atoms. The van der Waals surface area contributed by atoms with Gasteiger partial charge >= 0.3 is 5.97 Å². The lowest BCUT2D eigenvalue weighted by Gasteiger charge is -2.10. The molecule has 1 aromatic carbocycles. The number of carboxylic acid groups (broad SMARTS) is 1. The van der Waals surface area contributed by atoms with E-state index in [2.05, 4.69) is 0 Å². The first-order valence-electron chi connectivity index (χ1n) is 5.16. The van der Waals surface area contributed by atoms with Gasteiger partial charge in [0.2, 0.25) is 0 Å². The molecule has 5 nitrogen and oxygen atoms in total. The molecule has 0 aliphatic carbocycles. The Hall–Kier alpha value is -2.14. The van der Waals surface area contributed by atoms with Crippen molar-refractivity contribution in [1.82, 2.24) is 4.57 Å². The van der Waals surface area contributed by atoms with E-state index < -0.39 is 12.0 Å². The number of aliphatic carboxylic acids is 1.